The summed E-state index contributed by atoms with van der Waals surface area (Å²) < 4.78 is 0. The molecule has 5 rings (SSSR count). The summed E-state index contributed by atoms with van der Waals surface area (Å²) in [5, 5.41) is 32.3. The quantitative estimate of drug-likeness (QED) is 0.492. The molecule has 1 aromatic carbocycles. The fourth-order valence-electron chi connectivity index (χ4n) is 4.87. The molecule has 2 N–H and O–H groups in total. The predicted molar refractivity (Wildman–Crippen MR) is 148 cm³/mol. The molecule has 2 atom stereocenters. The lowest BCUT2D eigenvalue weighted by molar-refractivity contribution is -0.113. The maximum absolute atomic E-state index is 13.9. The number of pyridine rings is 1. The topological polar surface area (TPSA) is 145 Å². The Morgan fingerprint density at radius 3 is 2.60 bits per heavy atom. The van der Waals surface area contributed by atoms with E-state index in [0.29, 0.717) is 33.5 Å². The number of carbonyl (C=O) groups excluding carboxylic acids is 2. The van der Waals surface area contributed by atoms with E-state index in [9.17, 15) is 14.9 Å². The number of carbonyl (C=O) groups is 2. The first-order valence-electron chi connectivity index (χ1n) is 12.7. The van der Waals surface area contributed by atoms with Crippen LogP contribution in [0.5, 0.6) is 0 Å². The molecule has 2 unspecified atom stereocenters. The summed E-state index contributed by atoms with van der Waals surface area (Å²) in [6, 6.07) is 8.03. The molecule has 4 heterocycles. The first kappa shape index (κ1) is 27.2. The van der Waals surface area contributed by atoms with Gasteiger partial charge in [-0.2, -0.15) is 15.1 Å². The number of aromatic nitrogens is 5. The average Bonchev–Trinajstić information content (AvgIpc) is 3.50. The molecule has 0 aliphatic carbocycles. The molecule has 3 aromatic rings. The van der Waals surface area contributed by atoms with Crippen LogP contribution >= 0.6 is 11.6 Å². The number of rotatable bonds is 3. The highest BCUT2D eigenvalue weighted by Crippen LogP contribution is 2.39. The van der Waals surface area contributed by atoms with Gasteiger partial charge in [0, 0.05) is 11.6 Å². The molecule has 0 spiro atoms. The second-order valence-electron chi connectivity index (χ2n) is 11.3. The Hall–Kier alpha value is -4.34. The first-order valence-corrected chi connectivity index (χ1v) is 13.1. The van der Waals surface area contributed by atoms with E-state index < -0.39 is 23.5 Å². The second-order valence-corrected chi connectivity index (χ2v) is 11.7. The van der Waals surface area contributed by atoms with Gasteiger partial charge in [0.25, 0.3) is 11.8 Å². The van der Waals surface area contributed by atoms with Crippen molar-refractivity contribution in [2.75, 3.05) is 10.3 Å². The monoisotopic (exact) mass is 560 g/mol. The van der Waals surface area contributed by atoms with E-state index in [1.165, 1.54) is 10.9 Å². The van der Waals surface area contributed by atoms with Gasteiger partial charge >= 0.3 is 0 Å². The highest BCUT2D eigenvalue weighted by molar-refractivity contribution is 6.33. The minimum Gasteiger partial charge on any atom is -0.333 e. The molecule has 0 saturated heterocycles. The molecule has 2 amide bonds. The number of fused-ring (bicyclic) bond motifs is 3. The first-order chi connectivity index (χ1) is 18.8. The number of nitriles is 1. The van der Waals surface area contributed by atoms with Crippen molar-refractivity contribution in [2.45, 2.75) is 65.2 Å². The zero-order chi connectivity index (χ0) is 29.0. The number of hydrogen-bond acceptors (Lipinski definition) is 9. The van der Waals surface area contributed by atoms with Crippen LogP contribution in [0.15, 0.2) is 42.2 Å². The molecule has 12 nitrogen and oxygen atoms in total. The third-order valence-electron chi connectivity index (χ3n) is 6.69. The lowest BCUT2D eigenvalue weighted by Gasteiger charge is -2.45. The molecular weight excluding hydrogens is 532 g/mol. The summed E-state index contributed by atoms with van der Waals surface area (Å²) in [7, 11) is 0. The predicted octanol–water partition coefficient (Wildman–Crippen LogP) is 3.31. The van der Waals surface area contributed by atoms with Crippen molar-refractivity contribution in [1.29, 1.82) is 5.26 Å². The Bertz CT molecular complexity index is 1600. The van der Waals surface area contributed by atoms with E-state index in [2.05, 4.69) is 37.1 Å². The van der Waals surface area contributed by atoms with Gasteiger partial charge in [0.15, 0.2) is 11.6 Å². The van der Waals surface area contributed by atoms with Crippen molar-refractivity contribution in [3.63, 3.8) is 0 Å². The van der Waals surface area contributed by atoms with Crippen LogP contribution < -0.4 is 15.6 Å². The number of nitrogens with zero attached hydrogens (tertiary/aromatic N) is 8. The van der Waals surface area contributed by atoms with Gasteiger partial charge < -0.3 is 10.6 Å². The van der Waals surface area contributed by atoms with E-state index in [0.717, 1.165) is 0 Å². The molecule has 2 aromatic heterocycles. The zero-order valence-electron chi connectivity index (χ0n) is 23.0. The standard InChI is InChI=1S/C27H29ClN10O2/c1-15-10-16(13-29)11-18-21(15)31-24(40)20-12-17(14-36-34-25(33-35-36)26(2,3)4)38(27(5,6)32-23(18)39)37(20)22-19(28)8-7-9-30-22/h7-12,17H,14H2,1-6H3,(H,31,40)(H,32,39). The Labute approximate surface area is 236 Å². The van der Waals surface area contributed by atoms with E-state index >= 15 is 0 Å². The van der Waals surface area contributed by atoms with Crippen LogP contribution in [0.25, 0.3) is 0 Å². The number of benzene rings is 1. The van der Waals surface area contributed by atoms with E-state index in [1.807, 2.05) is 39.6 Å². The Morgan fingerprint density at radius 1 is 1.20 bits per heavy atom. The van der Waals surface area contributed by atoms with Crippen LogP contribution in [0, 0.1) is 18.3 Å². The minimum absolute atomic E-state index is 0.188. The molecule has 13 heteroatoms. The number of halogens is 1. The molecule has 0 saturated carbocycles. The van der Waals surface area contributed by atoms with Crippen LogP contribution in [-0.2, 0) is 16.8 Å². The van der Waals surface area contributed by atoms with Crippen molar-refractivity contribution in [3.8, 4) is 6.07 Å². The normalized spacial score (nSPS) is 20.2. The van der Waals surface area contributed by atoms with Crippen molar-refractivity contribution >= 4 is 34.9 Å². The Kier molecular flexibility index (Phi) is 6.60. The van der Waals surface area contributed by atoms with Gasteiger partial charge in [-0.25, -0.2) is 9.99 Å². The van der Waals surface area contributed by atoms with Gasteiger partial charge in [0.2, 0.25) is 0 Å². The van der Waals surface area contributed by atoms with Crippen LogP contribution in [0.1, 0.15) is 61.9 Å². The molecule has 0 radical (unpaired) electrons. The smallest absolute Gasteiger partial charge is 0.273 e. The lowest BCUT2D eigenvalue weighted by atomic mass is 9.96. The van der Waals surface area contributed by atoms with Crippen LogP contribution in [0.2, 0.25) is 5.02 Å². The third kappa shape index (κ3) is 4.78. The molecule has 2 aliphatic rings. The van der Waals surface area contributed by atoms with Gasteiger partial charge in [0.1, 0.15) is 11.4 Å². The van der Waals surface area contributed by atoms with Crippen LogP contribution in [0.3, 0.4) is 0 Å². The number of amides is 2. The fraction of sp³-hybridized carbons (Fsp3) is 0.370. The Morgan fingerprint density at radius 2 is 1.95 bits per heavy atom. The summed E-state index contributed by atoms with van der Waals surface area (Å²) in [6.07, 6.45) is 3.36. The maximum atomic E-state index is 13.9. The number of nitrogens with one attached hydrogen (secondary N) is 2. The number of aryl methyl sites for hydroxylation is 1. The van der Waals surface area contributed by atoms with Gasteiger partial charge in [-0.15, -0.1) is 10.2 Å². The molecular formula is C27H29ClN10O2. The zero-order valence-corrected chi connectivity index (χ0v) is 23.8. The van der Waals surface area contributed by atoms with Crippen molar-refractivity contribution < 1.29 is 9.59 Å². The van der Waals surface area contributed by atoms with Crippen molar-refractivity contribution in [1.82, 2.24) is 35.5 Å². The highest BCUT2D eigenvalue weighted by atomic mass is 35.5. The average molecular weight is 561 g/mol. The van der Waals surface area contributed by atoms with E-state index in [4.69, 9.17) is 11.6 Å². The third-order valence-corrected chi connectivity index (χ3v) is 6.99. The summed E-state index contributed by atoms with van der Waals surface area (Å²) in [5.41, 5.74) is 0.236. The molecule has 2 bridgehead atoms. The number of anilines is 2. The molecule has 0 fully saturated rings. The summed E-state index contributed by atoms with van der Waals surface area (Å²) in [5.74, 6) is -0.0470. The minimum atomic E-state index is -1.10. The number of hydrazine groups is 1. The van der Waals surface area contributed by atoms with Crippen molar-refractivity contribution in [2.24, 2.45) is 0 Å². The fourth-order valence-corrected chi connectivity index (χ4v) is 5.07. The maximum Gasteiger partial charge on any atom is 0.273 e. The Balaban J connectivity index is 1.68. The van der Waals surface area contributed by atoms with Gasteiger partial charge in [-0.05, 0) is 61.9 Å². The van der Waals surface area contributed by atoms with E-state index in [-0.39, 0.29) is 23.2 Å². The molecule has 2 aliphatic heterocycles. The molecule has 40 heavy (non-hydrogen) atoms. The summed E-state index contributed by atoms with van der Waals surface area (Å²) in [6.45, 7) is 11.6. The van der Waals surface area contributed by atoms with Gasteiger partial charge in [-0.3, -0.25) is 9.59 Å². The van der Waals surface area contributed by atoms with Crippen molar-refractivity contribution in [3.05, 3.63) is 69.8 Å². The second kappa shape index (κ2) is 9.69. The molecule has 206 valence electrons. The SMILES string of the molecule is Cc1cc(C#N)cc2c1NC(=O)C1=CC(Cn3nnc(C(C)(C)C)n3)N(N1c1ncccc1Cl)C(C)(C)NC2=O. The van der Waals surface area contributed by atoms with Crippen LogP contribution in [-0.4, -0.2) is 53.7 Å². The largest absolute Gasteiger partial charge is 0.333 e. The lowest BCUT2D eigenvalue weighted by Crippen LogP contribution is -2.64. The summed E-state index contributed by atoms with van der Waals surface area (Å²) in [4.78, 5) is 33.6. The van der Waals surface area contributed by atoms with Gasteiger partial charge in [0.05, 0.1) is 40.5 Å². The number of hydrogen-bond donors (Lipinski definition) is 2. The highest BCUT2D eigenvalue weighted by Gasteiger charge is 2.47. The van der Waals surface area contributed by atoms with Crippen LogP contribution in [0.4, 0.5) is 11.5 Å². The number of tetrazole rings is 1. The van der Waals surface area contributed by atoms with E-state index in [1.54, 1.807) is 42.4 Å². The van der Waals surface area contributed by atoms with Gasteiger partial charge in [-0.1, -0.05) is 32.4 Å². The summed E-state index contributed by atoms with van der Waals surface area (Å²) >= 11 is 6.61.